The fourth-order valence-corrected chi connectivity index (χ4v) is 1.48. The topological polar surface area (TPSA) is 63.9 Å². The van der Waals surface area contributed by atoms with E-state index in [4.69, 9.17) is 5.26 Å². The monoisotopic (exact) mass is 205 g/mol. The van der Waals surface area contributed by atoms with Crippen molar-refractivity contribution in [1.82, 2.24) is 0 Å². The van der Waals surface area contributed by atoms with Gasteiger partial charge in [-0.05, 0) is 12.3 Å². The molecule has 0 aromatic carbocycles. The van der Waals surface area contributed by atoms with Crippen LogP contribution >= 0.6 is 0 Å². The molecule has 3 nitrogen and oxygen atoms in total. The smallest absolute Gasteiger partial charge is 0.550 e. The first-order chi connectivity index (χ1) is 6.10. The summed E-state index contributed by atoms with van der Waals surface area (Å²) in [6.07, 6.45) is 2.65. The average molecular weight is 205 g/mol. The summed E-state index contributed by atoms with van der Waals surface area (Å²) in [6.45, 7) is 4.12. The predicted octanol–water partition coefficient (Wildman–Crippen LogP) is -1.90. The molecule has 0 saturated carbocycles. The molecule has 0 unspecified atom stereocenters. The number of carboxylic acids is 1. The van der Waals surface area contributed by atoms with E-state index in [1.165, 1.54) is 0 Å². The zero-order chi connectivity index (χ0) is 10.3. The maximum Gasteiger partial charge on any atom is 1.00 e. The molecule has 0 saturated heterocycles. The van der Waals surface area contributed by atoms with Crippen molar-refractivity contribution in [3.05, 3.63) is 0 Å². The number of rotatable bonds is 6. The van der Waals surface area contributed by atoms with E-state index < -0.39 is 5.97 Å². The van der Waals surface area contributed by atoms with Crippen LogP contribution in [-0.2, 0) is 4.79 Å². The van der Waals surface area contributed by atoms with E-state index in [1.807, 2.05) is 13.0 Å². The van der Waals surface area contributed by atoms with E-state index in [-0.39, 0.29) is 41.9 Å². The van der Waals surface area contributed by atoms with E-state index in [9.17, 15) is 9.90 Å². The minimum atomic E-state index is -1.13. The molecule has 14 heavy (non-hydrogen) atoms. The molecule has 0 radical (unpaired) electrons. The van der Waals surface area contributed by atoms with E-state index in [1.54, 1.807) is 0 Å². The average Bonchev–Trinajstić information content (AvgIpc) is 2.02. The van der Waals surface area contributed by atoms with Crippen molar-refractivity contribution in [2.24, 2.45) is 11.8 Å². The van der Waals surface area contributed by atoms with Crippen molar-refractivity contribution < 1.29 is 39.5 Å². The zero-order valence-corrected chi connectivity index (χ0v) is 11.2. The van der Waals surface area contributed by atoms with Gasteiger partial charge in [0.25, 0.3) is 0 Å². The van der Waals surface area contributed by atoms with Crippen LogP contribution < -0.4 is 34.7 Å². The van der Waals surface area contributed by atoms with Crippen molar-refractivity contribution in [3.8, 4) is 6.07 Å². The van der Waals surface area contributed by atoms with Gasteiger partial charge in [0.15, 0.2) is 0 Å². The third-order valence-corrected chi connectivity index (χ3v) is 2.06. The maximum atomic E-state index is 10.2. The second-order valence-electron chi connectivity index (χ2n) is 3.53. The Hall–Kier alpha value is -0.0400. The van der Waals surface area contributed by atoms with E-state index in [0.717, 1.165) is 12.8 Å². The standard InChI is InChI=1S/C10H17NO2.Na/c1-3-4-8(2)5-9(7-11)6-10(12)13;/h8-9H,3-6H2,1-2H3,(H,12,13);/q;+1/p-1/t8-,9-;/m1./s1. The molecule has 0 aromatic heterocycles. The Morgan fingerprint density at radius 1 is 1.57 bits per heavy atom. The van der Waals surface area contributed by atoms with Crippen molar-refractivity contribution in [1.29, 1.82) is 5.26 Å². The fraction of sp³-hybridized carbons (Fsp3) is 0.800. The number of nitriles is 1. The van der Waals surface area contributed by atoms with Crippen molar-refractivity contribution in [2.75, 3.05) is 0 Å². The van der Waals surface area contributed by atoms with Crippen LogP contribution in [0.25, 0.3) is 0 Å². The summed E-state index contributed by atoms with van der Waals surface area (Å²) in [4.78, 5) is 10.2. The molecule has 2 atom stereocenters. The molecule has 0 aliphatic rings. The van der Waals surface area contributed by atoms with E-state index in [0.29, 0.717) is 12.3 Å². The van der Waals surface area contributed by atoms with Crippen molar-refractivity contribution >= 4 is 5.97 Å². The number of hydrogen-bond acceptors (Lipinski definition) is 3. The third kappa shape index (κ3) is 8.55. The van der Waals surface area contributed by atoms with Gasteiger partial charge in [0, 0.05) is 12.4 Å². The van der Waals surface area contributed by atoms with Crippen LogP contribution in [0.2, 0.25) is 0 Å². The van der Waals surface area contributed by atoms with Gasteiger partial charge in [0.2, 0.25) is 0 Å². The predicted molar refractivity (Wildman–Crippen MR) is 47.4 cm³/mol. The van der Waals surface area contributed by atoms with E-state index >= 15 is 0 Å². The normalized spacial score (nSPS) is 13.5. The van der Waals surface area contributed by atoms with Crippen LogP contribution in [0.4, 0.5) is 0 Å². The Morgan fingerprint density at radius 2 is 2.14 bits per heavy atom. The van der Waals surface area contributed by atoms with Crippen LogP contribution in [-0.4, -0.2) is 5.97 Å². The van der Waals surface area contributed by atoms with Crippen LogP contribution in [0.5, 0.6) is 0 Å². The Morgan fingerprint density at radius 3 is 2.50 bits per heavy atom. The second kappa shape index (κ2) is 9.51. The summed E-state index contributed by atoms with van der Waals surface area (Å²) in [7, 11) is 0. The van der Waals surface area contributed by atoms with Gasteiger partial charge in [-0.25, -0.2) is 0 Å². The second-order valence-corrected chi connectivity index (χ2v) is 3.53. The largest absolute Gasteiger partial charge is 1.00 e. The Balaban J connectivity index is 0. The molecule has 0 N–H and O–H groups in total. The Kier molecular flexibility index (Phi) is 11.1. The summed E-state index contributed by atoms with van der Waals surface area (Å²) < 4.78 is 0. The Bertz CT molecular complexity index is 201. The molecule has 4 heteroatoms. The number of carbonyl (C=O) groups is 1. The van der Waals surface area contributed by atoms with Crippen molar-refractivity contribution in [2.45, 2.75) is 39.5 Å². The van der Waals surface area contributed by atoms with Gasteiger partial charge in [-0.2, -0.15) is 5.26 Å². The van der Waals surface area contributed by atoms with Crippen LogP contribution in [0.3, 0.4) is 0 Å². The molecule has 0 rings (SSSR count). The minimum absolute atomic E-state index is 0. The molecule has 0 heterocycles. The van der Waals surface area contributed by atoms with Crippen LogP contribution in [0.15, 0.2) is 0 Å². The van der Waals surface area contributed by atoms with Gasteiger partial charge in [-0.15, -0.1) is 0 Å². The first-order valence-corrected chi connectivity index (χ1v) is 4.69. The van der Waals surface area contributed by atoms with Gasteiger partial charge in [0.1, 0.15) is 0 Å². The summed E-state index contributed by atoms with van der Waals surface area (Å²) in [5.41, 5.74) is 0. The minimum Gasteiger partial charge on any atom is -0.550 e. The molecule has 0 aromatic rings. The molecule has 74 valence electrons. The van der Waals surface area contributed by atoms with Gasteiger partial charge in [-0.1, -0.05) is 26.7 Å². The third-order valence-electron chi connectivity index (χ3n) is 2.06. The number of aliphatic carboxylic acids is 1. The summed E-state index contributed by atoms with van der Waals surface area (Å²) in [5.74, 6) is -1.09. The molecule has 0 bridgehead atoms. The number of hydrogen-bond donors (Lipinski definition) is 0. The molecule has 0 fully saturated rings. The van der Waals surface area contributed by atoms with Gasteiger partial charge >= 0.3 is 29.6 Å². The number of nitrogens with zero attached hydrogens (tertiary/aromatic N) is 1. The molecular formula is C10H16NNaO2. The SMILES string of the molecule is CCC[C@@H](C)C[C@@H](C#N)CC(=O)[O-].[Na+]. The summed E-state index contributed by atoms with van der Waals surface area (Å²) >= 11 is 0. The molecule has 0 spiro atoms. The first kappa shape index (κ1) is 16.4. The zero-order valence-electron chi connectivity index (χ0n) is 9.25. The van der Waals surface area contributed by atoms with E-state index in [2.05, 4.69) is 6.92 Å². The molecule has 0 amide bonds. The van der Waals surface area contributed by atoms with Crippen LogP contribution in [0.1, 0.15) is 39.5 Å². The van der Waals surface area contributed by atoms with Gasteiger partial charge in [0.05, 0.1) is 12.0 Å². The molecular weight excluding hydrogens is 189 g/mol. The summed E-state index contributed by atoms with van der Waals surface area (Å²) in [6, 6.07) is 2.00. The van der Waals surface area contributed by atoms with Gasteiger partial charge in [-0.3, -0.25) is 0 Å². The molecule has 0 aliphatic carbocycles. The number of carbonyl (C=O) groups excluding carboxylic acids is 1. The quantitative estimate of drug-likeness (QED) is 0.476. The van der Waals surface area contributed by atoms with Gasteiger partial charge < -0.3 is 9.90 Å². The van der Waals surface area contributed by atoms with Crippen molar-refractivity contribution in [3.63, 3.8) is 0 Å². The molecule has 0 aliphatic heterocycles. The van der Waals surface area contributed by atoms with Crippen LogP contribution in [0, 0.1) is 23.2 Å². The Labute approximate surface area is 108 Å². The first-order valence-electron chi connectivity index (χ1n) is 4.69. The summed E-state index contributed by atoms with van der Waals surface area (Å²) in [5, 5.41) is 18.9. The fourth-order valence-electron chi connectivity index (χ4n) is 1.48. The number of carboxylic acid groups (broad SMARTS) is 1. The maximum absolute atomic E-state index is 10.2.